The molecule has 2 heterocycles. The van der Waals surface area contributed by atoms with Gasteiger partial charge in [-0.1, -0.05) is 18.3 Å². The first-order valence-corrected chi connectivity index (χ1v) is 7.38. The van der Waals surface area contributed by atoms with Crippen LogP contribution in [0.2, 0.25) is 0 Å². The number of aromatic nitrogens is 1. The molecule has 0 amide bonds. The Morgan fingerprint density at radius 3 is 2.74 bits per heavy atom. The van der Waals surface area contributed by atoms with Crippen molar-refractivity contribution in [1.29, 1.82) is 0 Å². The highest BCUT2D eigenvalue weighted by Crippen LogP contribution is 2.32. The van der Waals surface area contributed by atoms with Gasteiger partial charge in [-0.05, 0) is 25.7 Å². The molecule has 0 spiro atoms. The number of nitrogens with zero attached hydrogens (tertiary/aromatic N) is 2. The first kappa shape index (κ1) is 14.0. The number of aromatic carboxylic acids is 1. The number of Topliss-reactive ketones (excluding diaryl/α,β-unsaturated/α-hetero) is 1. The first-order valence-electron chi connectivity index (χ1n) is 6.56. The van der Waals surface area contributed by atoms with Crippen molar-refractivity contribution in [3.8, 4) is 0 Å². The number of anilines is 1. The maximum absolute atomic E-state index is 11.5. The van der Waals surface area contributed by atoms with Crippen LogP contribution in [0.1, 0.15) is 59.7 Å². The molecule has 1 unspecified atom stereocenters. The fourth-order valence-electron chi connectivity index (χ4n) is 2.49. The zero-order chi connectivity index (χ0) is 14.0. The van der Waals surface area contributed by atoms with Crippen LogP contribution in [0.4, 0.5) is 5.13 Å². The number of hydrogen-bond acceptors (Lipinski definition) is 5. The topological polar surface area (TPSA) is 70.5 Å². The number of piperidine rings is 1. The standard InChI is InChI=1S/C13H18N2O3S/c1-3-9-6-4-5-7-15(9)13-14-10(12(17)18)11(19-13)8(2)16/h9H,3-7H2,1-2H3,(H,17,18). The predicted octanol–water partition coefficient (Wildman–Crippen LogP) is 2.81. The largest absolute Gasteiger partial charge is 0.476 e. The average Bonchev–Trinajstić information content (AvgIpc) is 2.84. The molecule has 5 nitrogen and oxygen atoms in total. The number of carbonyl (C=O) groups excluding carboxylic acids is 1. The molecular weight excluding hydrogens is 264 g/mol. The van der Waals surface area contributed by atoms with Gasteiger partial charge in [0.2, 0.25) is 0 Å². The summed E-state index contributed by atoms with van der Waals surface area (Å²) >= 11 is 1.21. The minimum Gasteiger partial charge on any atom is -0.476 e. The van der Waals surface area contributed by atoms with Crippen LogP contribution < -0.4 is 4.90 Å². The van der Waals surface area contributed by atoms with Crippen LogP contribution in [0, 0.1) is 0 Å². The summed E-state index contributed by atoms with van der Waals surface area (Å²) in [5.74, 6) is -1.36. The molecule has 2 rings (SSSR count). The van der Waals surface area contributed by atoms with E-state index in [9.17, 15) is 9.59 Å². The van der Waals surface area contributed by atoms with Crippen molar-refractivity contribution < 1.29 is 14.7 Å². The Kier molecular flexibility index (Phi) is 4.19. The summed E-state index contributed by atoms with van der Waals surface area (Å²) in [4.78, 5) is 29.2. The van der Waals surface area contributed by atoms with E-state index in [0.717, 1.165) is 25.8 Å². The second-order valence-corrected chi connectivity index (χ2v) is 5.76. The molecular formula is C13H18N2O3S. The summed E-state index contributed by atoms with van der Waals surface area (Å²) in [6.07, 6.45) is 4.41. The second kappa shape index (κ2) is 5.69. The van der Waals surface area contributed by atoms with Crippen molar-refractivity contribution in [3.63, 3.8) is 0 Å². The summed E-state index contributed by atoms with van der Waals surface area (Å²) in [5, 5.41) is 9.80. The average molecular weight is 282 g/mol. The van der Waals surface area contributed by atoms with Gasteiger partial charge in [-0.25, -0.2) is 9.78 Å². The molecule has 1 atom stereocenters. The molecule has 1 saturated heterocycles. The summed E-state index contributed by atoms with van der Waals surface area (Å²) in [5.41, 5.74) is -0.104. The van der Waals surface area contributed by atoms with E-state index < -0.39 is 5.97 Å². The van der Waals surface area contributed by atoms with Gasteiger partial charge >= 0.3 is 5.97 Å². The van der Waals surface area contributed by atoms with E-state index in [1.165, 1.54) is 24.7 Å². The minimum atomic E-state index is -1.13. The summed E-state index contributed by atoms with van der Waals surface area (Å²) in [6, 6.07) is 0.404. The van der Waals surface area contributed by atoms with E-state index in [2.05, 4.69) is 16.8 Å². The number of carbonyl (C=O) groups is 2. The molecule has 0 aliphatic carbocycles. The van der Waals surface area contributed by atoms with E-state index in [0.29, 0.717) is 11.2 Å². The molecule has 1 aromatic rings. The van der Waals surface area contributed by atoms with E-state index >= 15 is 0 Å². The third kappa shape index (κ3) is 2.78. The van der Waals surface area contributed by atoms with Crippen LogP contribution in [0.15, 0.2) is 0 Å². The van der Waals surface area contributed by atoms with Crippen molar-refractivity contribution in [3.05, 3.63) is 10.6 Å². The molecule has 1 aromatic heterocycles. The Hall–Kier alpha value is -1.43. The molecule has 104 valence electrons. The van der Waals surface area contributed by atoms with Crippen molar-refractivity contribution in [2.75, 3.05) is 11.4 Å². The lowest BCUT2D eigenvalue weighted by atomic mass is 10.0. The Bertz CT molecular complexity index is 467. The van der Waals surface area contributed by atoms with Crippen molar-refractivity contribution in [2.45, 2.75) is 45.6 Å². The van der Waals surface area contributed by atoms with E-state index in [1.807, 2.05) is 0 Å². The predicted molar refractivity (Wildman–Crippen MR) is 74.4 cm³/mol. The third-order valence-corrected chi connectivity index (χ3v) is 4.68. The van der Waals surface area contributed by atoms with E-state index in [-0.39, 0.29) is 16.4 Å². The molecule has 6 heteroatoms. The Labute approximate surface area is 116 Å². The number of hydrogen-bond donors (Lipinski definition) is 1. The van der Waals surface area contributed by atoms with Gasteiger partial charge in [-0.2, -0.15) is 0 Å². The van der Waals surface area contributed by atoms with Crippen LogP contribution in [-0.4, -0.2) is 34.4 Å². The van der Waals surface area contributed by atoms with Gasteiger partial charge in [0.05, 0.1) is 0 Å². The highest BCUT2D eigenvalue weighted by Gasteiger charge is 2.27. The number of carboxylic acid groups (broad SMARTS) is 1. The molecule has 0 bridgehead atoms. The summed E-state index contributed by atoms with van der Waals surface area (Å²) < 4.78 is 0. The fourth-order valence-corrected chi connectivity index (χ4v) is 3.54. The summed E-state index contributed by atoms with van der Waals surface area (Å²) in [7, 11) is 0. The van der Waals surface area contributed by atoms with Gasteiger partial charge in [0.1, 0.15) is 4.88 Å². The third-order valence-electron chi connectivity index (χ3n) is 3.48. The molecule has 1 aliphatic rings. The number of rotatable bonds is 4. The lowest BCUT2D eigenvalue weighted by molar-refractivity contribution is 0.0687. The van der Waals surface area contributed by atoms with Crippen molar-refractivity contribution in [1.82, 2.24) is 4.98 Å². The maximum atomic E-state index is 11.5. The molecule has 1 N–H and O–H groups in total. The van der Waals surface area contributed by atoms with Gasteiger partial charge < -0.3 is 10.0 Å². The van der Waals surface area contributed by atoms with Crippen molar-refractivity contribution in [2.24, 2.45) is 0 Å². The van der Waals surface area contributed by atoms with Gasteiger partial charge in [0, 0.05) is 19.5 Å². The van der Waals surface area contributed by atoms with Crippen LogP contribution in [-0.2, 0) is 0 Å². The van der Waals surface area contributed by atoms with Gasteiger partial charge in [0.15, 0.2) is 16.6 Å². The molecule has 1 aliphatic heterocycles. The highest BCUT2D eigenvalue weighted by molar-refractivity contribution is 7.17. The monoisotopic (exact) mass is 282 g/mol. The SMILES string of the molecule is CCC1CCCCN1c1nc(C(=O)O)c(C(C)=O)s1. The highest BCUT2D eigenvalue weighted by atomic mass is 32.1. The van der Waals surface area contributed by atoms with Gasteiger partial charge in [-0.15, -0.1) is 0 Å². The van der Waals surface area contributed by atoms with Crippen LogP contribution in [0.3, 0.4) is 0 Å². The van der Waals surface area contributed by atoms with E-state index in [4.69, 9.17) is 5.11 Å². The normalized spacial score (nSPS) is 19.5. The number of ketones is 1. The molecule has 0 aromatic carbocycles. The van der Waals surface area contributed by atoms with Gasteiger partial charge in [-0.3, -0.25) is 4.79 Å². The Morgan fingerprint density at radius 2 is 2.21 bits per heavy atom. The van der Waals surface area contributed by atoms with Crippen LogP contribution in [0.5, 0.6) is 0 Å². The lowest BCUT2D eigenvalue weighted by Crippen LogP contribution is -2.39. The number of thiazole rings is 1. The molecule has 19 heavy (non-hydrogen) atoms. The zero-order valence-electron chi connectivity index (χ0n) is 11.2. The molecule has 1 fully saturated rings. The quantitative estimate of drug-likeness (QED) is 0.860. The Morgan fingerprint density at radius 1 is 1.47 bits per heavy atom. The minimum absolute atomic E-state index is 0.104. The fraction of sp³-hybridized carbons (Fsp3) is 0.615. The molecule has 0 saturated carbocycles. The number of carboxylic acids is 1. The van der Waals surface area contributed by atoms with Gasteiger partial charge in [0.25, 0.3) is 0 Å². The zero-order valence-corrected chi connectivity index (χ0v) is 12.0. The maximum Gasteiger partial charge on any atom is 0.356 e. The first-order chi connectivity index (χ1) is 9.04. The van der Waals surface area contributed by atoms with Crippen LogP contribution >= 0.6 is 11.3 Å². The molecule has 0 radical (unpaired) electrons. The van der Waals surface area contributed by atoms with Crippen molar-refractivity contribution >= 4 is 28.2 Å². The Balaban J connectivity index is 2.36. The lowest BCUT2D eigenvalue weighted by Gasteiger charge is -2.34. The van der Waals surface area contributed by atoms with E-state index in [1.54, 1.807) is 0 Å². The summed E-state index contributed by atoms with van der Waals surface area (Å²) in [6.45, 7) is 4.40. The van der Waals surface area contributed by atoms with Crippen LogP contribution in [0.25, 0.3) is 0 Å². The smallest absolute Gasteiger partial charge is 0.356 e. The second-order valence-electron chi connectivity index (χ2n) is 4.79.